The summed E-state index contributed by atoms with van der Waals surface area (Å²) in [6.45, 7) is 0. The van der Waals surface area contributed by atoms with Crippen LogP contribution in [0.3, 0.4) is 0 Å². The Hall–Kier alpha value is -0.580. The molecule has 2 nitrogen and oxygen atoms in total. The Morgan fingerprint density at radius 1 is 1.45 bits per heavy atom. The Kier molecular flexibility index (Phi) is 1.81. The van der Waals surface area contributed by atoms with Gasteiger partial charge in [0.1, 0.15) is 0 Å². The summed E-state index contributed by atoms with van der Waals surface area (Å²) < 4.78 is 6.56. The summed E-state index contributed by atoms with van der Waals surface area (Å²) in [5.41, 5.74) is 1.86. The van der Waals surface area contributed by atoms with E-state index in [9.17, 15) is 0 Å². The van der Waals surface area contributed by atoms with Crippen LogP contribution in [0.1, 0.15) is 0 Å². The monoisotopic (exact) mass is 260 g/mol. The van der Waals surface area contributed by atoms with Crippen molar-refractivity contribution in [2.45, 2.75) is 0 Å². The van der Waals surface area contributed by atoms with Gasteiger partial charge in [-0.1, -0.05) is 0 Å². The Labute approximate surface area is 74.9 Å². The number of fused-ring (bicyclic) bond motifs is 1. The summed E-state index contributed by atoms with van der Waals surface area (Å²) in [6.07, 6.45) is 1.49. The van der Waals surface area contributed by atoms with Gasteiger partial charge in [-0.15, -0.1) is 0 Å². The number of halogens is 1. The van der Waals surface area contributed by atoms with E-state index in [2.05, 4.69) is 22.0 Å². The molecule has 3 heteroatoms. The van der Waals surface area contributed by atoms with E-state index < -0.39 is 0 Å². The number of aromatic nitrogens is 1. The molecule has 0 atom stereocenters. The number of nitrogens with zero attached hydrogens (tertiary/aromatic N) is 1. The van der Waals surface area contributed by atoms with Gasteiger partial charge >= 0.3 is 74.8 Å². The molecule has 11 heavy (non-hydrogen) atoms. The third-order valence-corrected chi connectivity index (χ3v) is 3.43. The van der Waals surface area contributed by atoms with Crippen LogP contribution in [0, 0.1) is 3.57 Å². The molecule has 0 N–H and O–H groups in total. The van der Waals surface area contributed by atoms with E-state index in [1.54, 1.807) is 0 Å². The fraction of sp³-hybridized carbons (Fsp3) is 0.125. The molecule has 0 saturated heterocycles. The molecule has 0 unspecified atom stereocenters. The normalized spacial score (nSPS) is 11.0. The Morgan fingerprint density at radius 2 is 2.36 bits per heavy atom. The molecule has 1 aromatic heterocycles. The zero-order valence-electron chi connectivity index (χ0n) is 6.04. The summed E-state index contributed by atoms with van der Waals surface area (Å²) in [5.74, 6) is 0. The van der Waals surface area contributed by atoms with Gasteiger partial charge in [0.25, 0.3) is 0 Å². The van der Waals surface area contributed by atoms with Gasteiger partial charge in [0.2, 0.25) is 0 Å². The van der Waals surface area contributed by atoms with Gasteiger partial charge in [0.05, 0.1) is 0 Å². The van der Waals surface area contributed by atoms with E-state index >= 15 is 0 Å². The van der Waals surface area contributed by atoms with Gasteiger partial charge in [0, 0.05) is 0 Å². The van der Waals surface area contributed by atoms with Crippen molar-refractivity contribution in [2.75, 3.05) is 4.93 Å². The summed E-state index contributed by atoms with van der Waals surface area (Å²) in [6, 6.07) is 6.21. The molecule has 0 fully saturated rings. The fourth-order valence-corrected chi connectivity index (χ4v) is 2.08. The molecule has 0 amide bonds. The molecule has 0 saturated carbocycles. The fourth-order valence-electron chi connectivity index (χ4n) is 0.946. The quantitative estimate of drug-likeness (QED) is 0.471. The summed E-state index contributed by atoms with van der Waals surface area (Å²) in [5, 5.41) is 0. The van der Waals surface area contributed by atoms with Gasteiger partial charge in [-0.25, -0.2) is 0 Å². The first kappa shape index (κ1) is 7.09. The topological polar surface area (TPSA) is 26.0 Å². The molecule has 1 heterocycles. The van der Waals surface area contributed by atoms with Crippen LogP contribution in [0.4, 0.5) is 0 Å². The maximum absolute atomic E-state index is 5.17. The van der Waals surface area contributed by atoms with Crippen molar-refractivity contribution >= 4 is 11.1 Å². The van der Waals surface area contributed by atoms with Crippen LogP contribution in [0.25, 0.3) is 11.1 Å². The number of rotatable bonds is 1. The molecule has 0 aliphatic heterocycles. The second kappa shape index (κ2) is 2.81. The number of benzene rings is 1. The van der Waals surface area contributed by atoms with Crippen molar-refractivity contribution in [3.63, 3.8) is 0 Å². The zero-order valence-corrected chi connectivity index (χ0v) is 8.20. The molecular weight excluding hydrogens is 253 g/mol. The minimum absolute atomic E-state index is 0.166. The van der Waals surface area contributed by atoms with Crippen LogP contribution in [0.2, 0.25) is 0 Å². The molecule has 2 rings (SSSR count). The van der Waals surface area contributed by atoms with Crippen molar-refractivity contribution in [1.82, 2.24) is 4.98 Å². The third-order valence-electron chi connectivity index (χ3n) is 1.51. The standard InChI is InChI=1S/C8H7INO/c1-9-6-2-3-7-8(4-6)11-5-10-7/h2-5H,1H3/q-1. The predicted octanol–water partition coefficient (Wildman–Crippen LogP) is -1.28. The first-order valence-corrected chi connectivity index (χ1v) is 6.46. The van der Waals surface area contributed by atoms with Crippen molar-refractivity contribution in [3.8, 4) is 0 Å². The molecule has 0 aliphatic carbocycles. The van der Waals surface area contributed by atoms with Crippen molar-refractivity contribution in [2.24, 2.45) is 0 Å². The number of oxazole rings is 1. The molecular formula is C8H7INO-. The summed E-state index contributed by atoms with van der Waals surface area (Å²) >= 11 is 0.166. The minimum atomic E-state index is 0.166. The van der Waals surface area contributed by atoms with Gasteiger partial charge < -0.3 is 0 Å². The van der Waals surface area contributed by atoms with E-state index in [-0.39, 0.29) is 21.2 Å². The summed E-state index contributed by atoms with van der Waals surface area (Å²) in [7, 11) is 0. The second-order valence-electron chi connectivity index (χ2n) is 2.15. The summed E-state index contributed by atoms with van der Waals surface area (Å²) in [4.78, 5) is 6.27. The molecule has 0 radical (unpaired) electrons. The van der Waals surface area contributed by atoms with Gasteiger partial charge in [-0.05, 0) is 0 Å². The van der Waals surface area contributed by atoms with Crippen LogP contribution in [-0.2, 0) is 0 Å². The third kappa shape index (κ3) is 1.24. The van der Waals surface area contributed by atoms with Crippen molar-refractivity contribution in [1.29, 1.82) is 0 Å². The molecule has 1 aromatic carbocycles. The predicted molar refractivity (Wildman–Crippen MR) is 38.6 cm³/mol. The SMILES string of the molecule is C[I-]c1ccc2ncoc2c1. The molecule has 0 spiro atoms. The van der Waals surface area contributed by atoms with E-state index in [4.69, 9.17) is 4.42 Å². The van der Waals surface area contributed by atoms with E-state index in [1.807, 2.05) is 6.07 Å². The van der Waals surface area contributed by atoms with Gasteiger partial charge in [-0.3, -0.25) is 0 Å². The second-order valence-corrected chi connectivity index (χ2v) is 4.48. The van der Waals surface area contributed by atoms with Crippen LogP contribution in [-0.4, -0.2) is 9.91 Å². The van der Waals surface area contributed by atoms with Crippen LogP contribution >= 0.6 is 0 Å². The Morgan fingerprint density at radius 3 is 3.18 bits per heavy atom. The zero-order chi connectivity index (χ0) is 7.68. The first-order valence-electron chi connectivity index (χ1n) is 3.23. The maximum atomic E-state index is 5.17. The average molecular weight is 260 g/mol. The van der Waals surface area contributed by atoms with Crippen LogP contribution in [0.15, 0.2) is 29.0 Å². The molecule has 58 valence electrons. The first-order chi connectivity index (χ1) is 5.40. The number of hydrogen-bond donors (Lipinski definition) is 0. The molecule has 0 aliphatic rings. The van der Waals surface area contributed by atoms with E-state index in [0.717, 1.165) is 11.1 Å². The van der Waals surface area contributed by atoms with Gasteiger partial charge in [0.15, 0.2) is 0 Å². The number of hydrogen-bond acceptors (Lipinski definition) is 2. The Balaban J connectivity index is 2.67. The van der Waals surface area contributed by atoms with Crippen LogP contribution < -0.4 is 21.2 Å². The molecule has 0 bridgehead atoms. The number of alkyl halides is 1. The Bertz CT molecular complexity index is 369. The molecule has 2 aromatic rings. The average Bonchev–Trinajstić information content (AvgIpc) is 2.50. The van der Waals surface area contributed by atoms with E-state index in [1.165, 1.54) is 9.96 Å². The van der Waals surface area contributed by atoms with E-state index in [0.29, 0.717) is 0 Å². The van der Waals surface area contributed by atoms with Crippen molar-refractivity contribution < 1.29 is 25.6 Å². The van der Waals surface area contributed by atoms with Crippen LogP contribution in [0.5, 0.6) is 0 Å². The van der Waals surface area contributed by atoms with Crippen molar-refractivity contribution in [3.05, 3.63) is 28.2 Å². The van der Waals surface area contributed by atoms with Gasteiger partial charge in [-0.2, -0.15) is 0 Å².